The first-order chi connectivity index (χ1) is 14.3. The van der Waals surface area contributed by atoms with Crippen molar-refractivity contribution in [1.29, 1.82) is 0 Å². The van der Waals surface area contributed by atoms with Crippen molar-refractivity contribution in [3.05, 3.63) is 33.8 Å². The molecule has 2 fully saturated rings. The number of carbonyl (C=O) groups excluding carboxylic acids is 3. The molecule has 0 saturated carbocycles. The summed E-state index contributed by atoms with van der Waals surface area (Å²) in [7, 11) is 0. The molecule has 3 rings (SSSR count). The van der Waals surface area contributed by atoms with Gasteiger partial charge in [-0.15, -0.1) is 0 Å². The Balaban J connectivity index is 1.50. The number of amides is 3. The van der Waals surface area contributed by atoms with Gasteiger partial charge in [-0.25, -0.2) is 0 Å². The molecule has 0 bridgehead atoms. The van der Waals surface area contributed by atoms with Crippen molar-refractivity contribution in [2.75, 3.05) is 26.2 Å². The Morgan fingerprint density at radius 2 is 1.60 bits per heavy atom. The largest absolute Gasteiger partial charge is 0.342 e. The van der Waals surface area contributed by atoms with Gasteiger partial charge in [0.25, 0.3) is 5.91 Å². The maximum atomic E-state index is 12.8. The molecule has 1 N–H and O–H groups in total. The first kappa shape index (κ1) is 22.9. The van der Waals surface area contributed by atoms with Crippen LogP contribution < -0.4 is 5.32 Å². The Bertz CT molecular complexity index is 801. The van der Waals surface area contributed by atoms with Crippen LogP contribution in [0.3, 0.4) is 0 Å². The van der Waals surface area contributed by atoms with Crippen LogP contribution in [0.4, 0.5) is 0 Å². The molecule has 6 nitrogen and oxygen atoms in total. The van der Waals surface area contributed by atoms with Gasteiger partial charge in [-0.2, -0.15) is 0 Å². The summed E-state index contributed by atoms with van der Waals surface area (Å²) in [6, 6.07) is 4.12. The minimum absolute atomic E-state index is 0.0161. The standard InChI is InChI=1S/C22H29Cl2N3O3/c1-14-6-10-27(11-7-14)22(30)16-8-12-26(13-9-16)21(29)15(2)25-20(28)17-4-3-5-18(23)19(17)24/h3-5,14-16H,6-13H2,1-2H3,(H,25,28). The van der Waals surface area contributed by atoms with Crippen LogP contribution in [0, 0.1) is 11.8 Å². The van der Waals surface area contributed by atoms with Crippen LogP contribution in [0.25, 0.3) is 0 Å². The highest BCUT2D eigenvalue weighted by atomic mass is 35.5. The summed E-state index contributed by atoms with van der Waals surface area (Å²) in [4.78, 5) is 41.8. The van der Waals surface area contributed by atoms with Crippen molar-refractivity contribution in [3.63, 3.8) is 0 Å². The molecule has 164 valence electrons. The lowest BCUT2D eigenvalue weighted by atomic mass is 9.92. The summed E-state index contributed by atoms with van der Waals surface area (Å²) < 4.78 is 0. The molecule has 2 heterocycles. The van der Waals surface area contributed by atoms with E-state index in [0.29, 0.717) is 31.8 Å². The van der Waals surface area contributed by atoms with Gasteiger partial charge in [-0.1, -0.05) is 36.2 Å². The second-order valence-corrected chi connectivity index (χ2v) is 9.19. The van der Waals surface area contributed by atoms with E-state index < -0.39 is 11.9 Å². The Labute approximate surface area is 187 Å². The second kappa shape index (κ2) is 10.0. The van der Waals surface area contributed by atoms with E-state index in [2.05, 4.69) is 12.2 Å². The number of benzene rings is 1. The van der Waals surface area contributed by atoms with E-state index in [9.17, 15) is 14.4 Å². The van der Waals surface area contributed by atoms with Crippen molar-refractivity contribution < 1.29 is 14.4 Å². The van der Waals surface area contributed by atoms with E-state index in [1.54, 1.807) is 30.0 Å². The molecule has 1 unspecified atom stereocenters. The van der Waals surface area contributed by atoms with Crippen LogP contribution >= 0.6 is 23.2 Å². The van der Waals surface area contributed by atoms with Gasteiger partial charge in [0.2, 0.25) is 11.8 Å². The van der Waals surface area contributed by atoms with Crippen LogP contribution in [0.5, 0.6) is 0 Å². The van der Waals surface area contributed by atoms with Crippen LogP contribution in [0.15, 0.2) is 18.2 Å². The maximum Gasteiger partial charge on any atom is 0.253 e. The highest BCUT2D eigenvalue weighted by molar-refractivity contribution is 6.43. The van der Waals surface area contributed by atoms with Gasteiger partial charge >= 0.3 is 0 Å². The van der Waals surface area contributed by atoms with Crippen molar-refractivity contribution in [1.82, 2.24) is 15.1 Å². The van der Waals surface area contributed by atoms with Gasteiger partial charge in [0, 0.05) is 32.1 Å². The second-order valence-electron chi connectivity index (χ2n) is 8.40. The summed E-state index contributed by atoms with van der Waals surface area (Å²) in [6.45, 7) is 6.62. The minimum Gasteiger partial charge on any atom is -0.342 e. The van der Waals surface area contributed by atoms with E-state index in [0.717, 1.165) is 25.9 Å². The van der Waals surface area contributed by atoms with Gasteiger partial charge in [-0.3, -0.25) is 14.4 Å². The van der Waals surface area contributed by atoms with Crippen molar-refractivity contribution in [2.45, 2.75) is 45.6 Å². The van der Waals surface area contributed by atoms with Crippen molar-refractivity contribution >= 4 is 40.9 Å². The van der Waals surface area contributed by atoms with Gasteiger partial charge in [0.1, 0.15) is 6.04 Å². The number of nitrogens with zero attached hydrogens (tertiary/aromatic N) is 2. The predicted molar refractivity (Wildman–Crippen MR) is 118 cm³/mol. The number of likely N-dealkylation sites (tertiary alicyclic amines) is 2. The van der Waals surface area contributed by atoms with Crippen LogP contribution in [0.1, 0.15) is 49.9 Å². The number of hydrogen-bond donors (Lipinski definition) is 1. The molecule has 2 aliphatic rings. The summed E-state index contributed by atoms with van der Waals surface area (Å²) in [5.41, 5.74) is 0.240. The highest BCUT2D eigenvalue weighted by Gasteiger charge is 2.33. The number of hydrogen-bond acceptors (Lipinski definition) is 3. The van der Waals surface area contributed by atoms with Crippen LogP contribution in [0.2, 0.25) is 10.0 Å². The molecule has 0 spiro atoms. The predicted octanol–water partition coefficient (Wildman–Crippen LogP) is 3.61. The molecule has 30 heavy (non-hydrogen) atoms. The molecule has 1 aromatic rings. The first-order valence-corrected chi connectivity index (χ1v) is 11.4. The third kappa shape index (κ3) is 5.27. The fourth-order valence-corrected chi connectivity index (χ4v) is 4.51. The summed E-state index contributed by atoms with van der Waals surface area (Å²) >= 11 is 12.1. The fourth-order valence-electron chi connectivity index (χ4n) is 4.12. The Kier molecular flexibility index (Phi) is 7.64. The van der Waals surface area contributed by atoms with E-state index in [-0.39, 0.29) is 33.3 Å². The van der Waals surface area contributed by atoms with Crippen LogP contribution in [-0.4, -0.2) is 59.7 Å². The topological polar surface area (TPSA) is 69.7 Å². The van der Waals surface area contributed by atoms with E-state index in [1.165, 1.54) is 0 Å². The lowest BCUT2D eigenvalue weighted by Gasteiger charge is -2.37. The number of halogens is 2. The minimum atomic E-state index is -0.691. The molecule has 0 radical (unpaired) electrons. The number of carbonyl (C=O) groups is 3. The molecule has 1 atom stereocenters. The van der Waals surface area contributed by atoms with E-state index >= 15 is 0 Å². The monoisotopic (exact) mass is 453 g/mol. The molecule has 8 heteroatoms. The zero-order valence-electron chi connectivity index (χ0n) is 17.5. The summed E-state index contributed by atoms with van der Waals surface area (Å²) in [5, 5.41) is 3.16. The Morgan fingerprint density at radius 3 is 2.23 bits per heavy atom. The van der Waals surface area contributed by atoms with E-state index in [4.69, 9.17) is 23.2 Å². The lowest BCUT2D eigenvalue weighted by molar-refractivity contribution is -0.142. The molecule has 2 saturated heterocycles. The number of rotatable bonds is 4. The first-order valence-electron chi connectivity index (χ1n) is 10.6. The SMILES string of the molecule is CC1CCN(C(=O)C2CCN(C(=O)C(C)NC(=O)c3cccc(Cl)c3Cl)CC2)CC1. The molecule has 0 aromatic heterocycles. The lowest BCUT2D eigenvalue weighted by Crippen LogP contribution is -2.51. The number of piperidine rings is 2. The molecule has 2 aliphatic heterocycles. The van der Waals surface area contributed by atoms with Gasteiger partial charge in [0.05, 0.1) is 15.6 Å². The van der Waals surface area contributed by atoms with Gasteiger partial charge < -0.3 is 15.1 Å². The average molecular weight is 454 g/mol. The smallest absolute Gasteiger partial charge is 0.253 e. The zero-order valence-corrected chi connectivity index (χ0v) is 19.0. The molecule has 3 amide bonds. The van der Waals surface area contributed by atoms with Crippen molar-refractivity contribution in [2.24, 2.45) is 11.8 Å². The van der Waals surface area contributed by atoms with Crippen molar-refractivity contribution in [3.8, 4) is 0 Å². The van der Waals surface area contributed by atoms with Gasteiger partial charge in [-0.05, 0) is 50.7 Å². The molecular weight excluding hydrogens is 425 g/mol. The zero-order chi connectivity index (χ0) is 21.8. The average Bonchev–Trinajstić information content (AvgIpc) is 2.75. The quantitative estimate of drug-likeness (QED) is 0.756. The van der Waals surface area contributed by atoms with E-state index in [1.807, 2.05) is 4.90 Å². The molecule has 0 aliphatic carbocycles. The third-order valence-electron chi connectivity index (χ3n) is 6.17. The Morgan fingerprint density at radius 1 is 1.00 bits per heavy atom. The molecule has 1 aromatic carbocycles. The van der Waals surface area contributed by atoms with Gasteiger partial charge in [0.15, 0.2) is 0 Å². The number of nitrogens with one attached hydrogen (secondary N) is 1. The summed E-state index contributed by atoms with van der Waals surface area (Å²) in [6.07, 6.45) is 3.46. The third-order valence-corrected chi connectivity index (χ3v) is 6.98. The summed E-state index contributed by atoms with van der Waals surface area (Å²) in [5.74, 6) is 0.308. The fraction of sp³-hybridized carbons (Fsp3) is 0.591. The highest BCUT2D eigenvalue weighted by Crippen LogP contribution is 2.26. The normalized spacial score (nSPS) is 19.5. The maximum absolute atomic E-state index is 12.8. The van der Waals surface area contributed by atoms with Crippen LogP contribution in [-0.2, 0) is 9.59 Å². The molecular formula is C22H29Cl2N3O3. The Hall–Kier alpha value is -1.79.